The molecule has 0 aliphatic carbocycles. The number of amides is 2. The molecule has 1 heterocycles. The Morgan fingerprint density at radius 3 is 2.38 bits per heavy atom. The van der Waals surface area contributed by atoms with Gasteiger partial charge < -0.3 is 25.6 Å². The highest BCUT2D eigenvalue weighted by Gasteiger charge is 2.36. The molecule has 0 unspecified atom stereocenters. The molecule has 0 saturated carbocycles. The Labute approximate surface area is 288 Å². The molecule has 1 fully saturated rings. The van der Waals surface area contributed by atoms with Gasteiger partial charge in [-0.15, -0.1) is 0 Å². The highest BCUT2D eigenvalue weighted by atomic mass is 32.2. The predicted octanol–water partition coefficient (Wildman–Crippen LogP) is 5.31. The number of hydrogen-bond acceptors (Lipinski definition) is 8. The standard InChI is InChI=1S/C34H40F2N6O7S/c35-24-11-9-22(10-12-24)31(23-17-19-48-20-18-23)32(40-42-38)33(44)39-30-8-4-7-29(36)28(30)16-14-25(13-15-26(43)21-49-34(37)45)41-50(46,47)27-5-2-1-3-6-27/h1-12,23,25-26,31-32,41,43H,13-21H2,(H2,37,45)(H,39,44)/t25-,26-,31+,32+/m1/s1. The molecule has 0 aromatic heterocycles. The number of aliphatic hydroxyl groups is 1. The number of nitrogens with zero attached hydrogens (tertiary/aromatic N) is 3. The van der Waals surface area contributed by atoms with Gasteiger partial charge in [-0.25, -0.2) is 26.7 Å². The topological polar surface area (TPSA) is 206 Å². The van der Waals surface area contributed by atoms with Gasteiger partial charge in [0, 0.05) is 41.3 Å². The Kier molecular flexibility index (Phi) is 14.1. The lowest BCUT2D eigenvalue weighted by Crippen LogP contribution is -2.38. The SMILES string of the molecule is [N-]=[N+]=N[C@H](C(=O)Nc1cccc(F)c1CC[C@@H](CC[C@@H](O)COC(N)=O)NS(=O)(=O)c1ccccc1)[C@@H](c1ccc(F)cc1)C1CCOCC1. The van der Waals surface area contributed by atoms with E-state index in [-0.39, 0.29) is 47.7 Å². The van der Waals surface area contributed by atoms with Crippen LogP contribution in [0.5, 0.6) is 0 Å². The Hall–Kier alpha value is -4.60. The summed E-state index contributed by atoms with van der Waals surface area (Å²) in [4.78, 5) is 27.8. The molecule has 0 bridgehead atoms. The second-order valence-corrected chi connectivity index (χ2v) is 13.7. The molecule has 50 heavy (non-hydrogen) atoms. The van der Waals surface area contributed by atoms with Crippen LogP contribution in [0.15, 0.2) is 82.8 Å². The van der Waals surface area contributed by atoms with Crippen LogP contribution in [0.4, 0.5) is 19.3 Å². The van der Waals surface area contributed by atoms with E-state index >= 15 is 4.39 Å². The number of aliphatic hydroxyl groups excluding tert-OH is 1. The Morgan fingerprint density at radius 1 is 1.02 bits per heavy atom. The fraction of sp³-hybridized carbons (Fsp3) is 0.412. The second-order valence-electron chi connectivity index (χ2n) is 12.0. The van der Waals surface area contributed by atoms with E-state index in [2.05, 4.69) is 24.8 Å². The van der Waals surface area contributed by atoms with Crippen molar-refractivity contribution >= 4 is 27.7 Å². The molecular formula is C34H40F2N6O7S. The number of nitrogens with two attached hydrogens (primary N) is 1. The lowest BCUT2D eigenvalue weighted by molar-refractivity contribution is -0.118. The molecule has 268 valence electrons. The maximum absolute atomic E-state index is 15.4. The molecule has 4 atom stereocenters. The average Bonchev–Trinajstić information content (AvgIpc) is 3.10. The molecular weight excluding hydrogens is 674 g/mol. The summed E-state index contributed by atoms with van der Waals surface area (Å²) in [6.45, 7) is 0.479. The fourth-order valence-electron chi connectivity index (χ4n) is 6.07. The minimum Gasteiger partial charge on any atom is -0.447 e. The lowest BCUT2D eigenvalue weighted by Gasteiger charge is -2.34. The van der Waals surface area contributed by atoms with Crippen molar-refractivity contribution in [3.63, 3.8) is 0 Å². The van der Waals surface area contributed by atoms with Crippen LogP contribution in [-0.2, 0) is 30.7 Å². The third kappa shape index (κ3) is 11.0. The maximum Gasteiger partial charge on any atom is 0.404 e. The van der Waals surface area contributed by atoms with Crippen LogP contribution in [-0.4, -0.2) is 63.5 Å². The van der Waals surface area contributed by atoms with E-state index in [0.717, 1.165) is 0 Å². The van der Waals surface area contributed by atoms with Gasteiger partial charge in [0.05, 0.1) is 11.0 Å². The summed E-state index contributed by atoms with van der Waals surface area (Å²) >= 11 is 0. The van der Waals surface area contributed by atoms with E-state index in [9.17, 15) is 33.0 Å². The monoisotopic (exact) mass is 714 g/mol. The van der Waals surface area contributed by atoms with E-state index in [0.29, 0.717) is 31.6 Å². The van der Waals surface area contributed by atoms with Gasteiger partial charge in [-0.3, -0.25) is 4.79 Å². The van der Waals surface area contributed by atoms with E-state index in [1.54, 1.807) is 30.3 Å². The average molecular weight is 715 g/mol. The van der Waals surface area contributed by atoms with Crippen molar-refractivity contribution in [2.75, 3.05) is 25.1 Å². The van der Waals surface area contributed by atoms with Crippen LogP contribution in [0, 0.1) is 17.6 Å². The maximum atomic E-state index is 15.4. The van der Waals surface area contributed by atoms with Crippen molar-refractivity contribution in [3.05, 3.63) is 106 Å². The number of nitrogens with one attached hydrogen (secondary N) is 2. The van der Waals surface area contributed by atoms with Gasteiger partial charge >= 0.3 is 6.09 Å². The number of primary amides is 1. The number of rotatable bonds is 17. The summed E-state index contributed by atoms with van der Waals surface area (Å²) in [7, 11) is -4.02. The zero-order chi connectivity index (χ0) is 36.1. The molecule has 1 saturated heterocycles. The van der Waals surface area contributed by atoms with E-state index < -0.39 is 64.4 Å². The minimum absolute atomic E-state index is 0.00535. The number of anilines is 1. The molecule has 4 rings (SSSR count). The molecule has 16 heteroatoms. The van der Waals surface area contributed by atoms with Gasteiger partial charge in [-0.2, -0.15) is 0 Å². The van der Waals surface area contributed by atoms with Crippen molar-refractivity contribution in [1.82, 2.24) is 4.72 Å². The van der Waals surface area contributed by atoms with E-state index in [1.807, 2.05) is 0 Å². The molecule has 5 N–H and O–H groups in total. The number of carbonyl (C=O) groups is 2. The number of halogens is 2. The van der Waals surface area contributed by atoms with Crippen molar-refractivity contribution in [3.8, 4) is 0 Å². The Bertz CT molecular complexity index is 1740. The van der Waals surface area contributed by atoms with Gasteiger partial charge in [0.1, 0.15) is 24.3 Å². The smallest absolute Gasteiger partial charge is 0.404 e. The van der Waals surface area contributed by atoms with E-state index in [1.165, 1.54) is 42.5 Å². The number of hydrogen-bond donors (Lipinski definition) is 4. The largest absolute Gasteiger partial charge is 0.447 e. The summed E-state index contributed by atoms with van der Waals surface area (Å²) in [5.74, 6) is -2.60. The second kappa shape index (κ2) is 18.4. The number of azide groups is 1. The van der Waals surface area contributed by atoms with Crippen LogP contribution in [0.3, 0.4) is 0 Å². The van der Waals surface area contributed by atoms with Crippen LogP contribution in [0.1, 0.15) is 49.1 Å². The zero-order valence-corrected chi connectivity index (χ0v) is 28.0. The number of benzene rings is 3. The van der Waals surface area contributed by atoms with Gasteiger partial charge in [0.2, 0.25) is 15.9 Å². The normalized spacial score (nSPS) is 16.0. The summed E-state index contributed by atoms with van der Waals surface area (Å²) in [5.41, 5.74) is 15.2. The molecule has 1 aliphatic rings. The first-order valence-corrected chi connectivity index (χ1v) is 17.6. The predicted molar refractivity (Wildman–Crippen MR) is 180 cm³/mol. The first-order valence-electron chi connectivity index (χ1n) is 16.1. The van der Waals surface area contributed by atoms with Crippen molar-refractivity contribution in [2.45, 2.75) is 67.5 Å². The third-order valence-corrected chi connectivity index (χ3v) is 10.1. The lowest BCUT2D eigenvalue weighted by atomic mass is 9.76. The summed E-state index contributed by atoms with van der Waals surface area (Å²) in [6.07, 6.45) is -0.986. The molecule has 13 nitrogen and oxygen atoms in total. The highest BCUT2D eigenvalue weighted by molar-refractivity contribution is 7.89. The van der Waals surface area contributed by atoms with Gasteiger partial charge in [0.15, 0.2) is 0 Å². The molecule has 1 aliphatic heterocycles. The number of sulfonamides is 1. The minimum atomic E-state index is -4.02. The van der Waals surface area contributed by atoms with Crippen LogP contribution in [0.2, 0.25) is 0 Å². The first kappa shape index (κ1) is 38.2. The number of ether oxygens (including phenoxy) is 2. The molecule has 3 aromatic rings. The number of carbonyl (C=O) groups excluding carboxylic acids is 2. The molecule has 0 spiro atoms. The van der Waals surface area contributed by atoms with Crippen LogP contribution in [0.25, 0.3) is 10.4 Å². The zero-order valence-electron chi connectivity index (χ0n) is 27.2. The van der Waals surface area contributed by atoms with Gasteiger partial charge in [-0.05, 0) is 91.9 Å². The Morgan fingerprint density at radius 2 is 1.72 bits per heavy atom. The van der Waals surface area contributed by atoms with Gasteiger partial charge in [-0.1, -0.05) is 41.5 Å². The third-order valence-electron chi connectivity index (χ3n) is 8.57. The summed E-state index contributed by atoms with van der Waals surface area (Å²) < 4.78 is 68.4. The van der Waals surface area contributed by atoms with Gasteiger partial charge in [0.25, 0.3) is 0 Å². The van der Waals surface area contributed by atoms with Crippen molar-refractivity contribution in [1.29, 1.82) is 0 Å². The fourth-order valence-corrected chi connectivity index (χ4v) is 7.40. The quantitative estimate of drug-likeness (QED) is 0.0823. The van der Waals surface area contributed by atoms with Crippen LogP contribution >= 0.6 is 0 Å². The van der Waals surface area contributed by atoms with E-state index in [4.69, 9.17) is 10.5 Å². The van der Waals surface area contributed by atoms with Crippen molar-refractivity contribution < 1.29 is 41.4 Å². The Balaban J connectivity index is 1.57. The molecule has 0 radical (unpaired) electrons. The first-order chi connectivity index (χ1) is 24.0. The summed E-state index contributed by atoms with van der Waals surface area (Å²) in [5, 5.41) is 16.9. The summed E-state index contributed by atoms with van der Waals surface area (Å²) in [6, 6.07) is 15.2. The highest BCUT2D eigenvalue weighted by Crippen LogP contribution is 2.37. The molecule has 2 amide bonds. The van der Waals surface area contributed by atoms with Crippen molar-refractivity contribution in [2.24, 2.45) is 16.8 Å². The molecule has 3 aromatic carbocycles. The van der Waals surface area contributed by atoms with Crippen LogP contribution < -0.4 is 15.8 Å².